The van der Waals surface area contributed by atoms with Crippen LogP contribution < -0.4 is 40.3 Å². The van der Waals surface area contributed by atoms with Gasteiger partial charge in [-0.2, -0.15) is 8.91 Å². The first-order valence-electron chi connectivity index (χ1n) is 27.2. The Kier molecular flexibility index (Phi) is 19.2. The number of likely N-dealkylation sites (tertiary alicyclic amines) is 1. The van der Waals surface area contributed by atoms with E-state index in [-0.39, 0.29) is 72.1 Å². The molecule has 1 saturated heterocycles. The topological polar surface area (TPSA) is 296 Å². The maximum absolute atomic E-state index is 14.7. The molecule has 3 heterocycles. The Hall–Kier alpha value is -8.65. The predicted octanol–water partition coefficient (Wildman–Crippen LogP) is 7.17. The summed E-state index contributed by atoms with van der Waals surface area (Å²) in [4.78, 5) is 94.1. The van der Waals surface area contributed by atoms with Gasteiger partial charge in [0.2, 0.25) is 23.4 Å². The van der Waals surface area contributed by atoms with Crippen molar-refractivity contribution in [3.05, 3.63) is 157 Å². The van der Waals surface area contributed by atoms with Crippen molar-refractivity contribution in [1.29, 1.82) is 0 Å². The van der Waals surface area contributed by atoms with E-state index in [1.54, 1.807) is 0 Å². The Morgan fingerprint density at radius 3 is 2.29 bits per heavy atom. The molecule has 8 rings (SSSR count). The zero-order valence-electron chi connectivity index (χ0n) is 47.7. The lowest BCUT2D eigenvalue weighted by Crippen LogP contribution is -2.54. The summed E-state index contributed by atoms with van der Waals surface area (Å²) >= 11 is 0.546. The van der Waals surface area contributed by atoms with E-state index in [2.05, 4.69) is 86.8 Å². The number of amides is 3. The molecule has 4 aromatic rings. The number of nitrogens with one attached hydrogen (secondary N) is 3. The Morgan fingerprint density at radius 2 is 1.61 bits per heavy atom. The van der Waals surface area contributed by atoms with Crippen molar-refractivity contribution < 1.29 is 72.0 Å². The molecule has 0 saturated carbocycles. The van der Waals surface area contributed by atoms with Crippen LogP contribution in [0.4, 0.5) is 27.5 Å². The molecule has 25 heteroatoms. The Labute approximate surface area is 488 Å². The highest BCUT2D eigenvalue weighted by molar-refractivity contribution is 7.94. The highest BCUT2D eigenvalue weighted by atomic mass is 32.2. The molecule has 3 atom stereocenters. The number of ether oxygens (including phenoxy) is 4. The number of hydrogen-bond donors (Lipinski definition) is 3. The molecular formula is C59H66N8O16S. The Balaban J connectivity index is 0.864. The van der Waals surface area contributed by atoms with Gasteiger partial charge in [-0.25, -0.2) is 4.79 Å². The molecule has 3 N–H and O–H groups in total. The summed E-state index contributed by atoms with van der Waals surface area (Å²) in [6.45, 7) is 10.4. The first-order valence-corrected chi connectivity index (χ1v) is 28.1. The number of rotatable bonds is 25. The number of benzene rings is 4. The number of ketones is 1. The molecule has 4 aromatic carbocycles. The van der Waals surface area contributed by atoms with Crippen molar-refractivity contribution in [1.82, 2.24) is 20.9 Å². The largest absolute Gasteiger partial charge is 0.691 e. The second-order valence-corrected chi connectivity index (χ2v) is 22.1. The number of methoxy groups -OCH3 is 1. The molecule has 0 radical (unpaired) electrons. The fourth-order valence-corrected chi connectivity index (χ4v) is 11.6. The Bertz CT molecular complexity index is 3380. The number of anilines is 1. The number of allylic oxidation sites excluding steroid dienone is 5. The van der Waals surface area contributed by atoms with Crippen LogP contribution in [0.3, 0.4) is 0 Å². The number of carbonyl (C=O) groups excluding carboxylic acids is 5. The number of Topliss-reactive ketones (excluding diaryl/α,β-unsaturated/α-hetero) is 1. The third kappa shape index (κ3) is 13.1. The summed E-state index contributed by atoms with van der Waals surface area (Å²) < 4.78 is 28.1. The van der Waals surface area contributed by atoms with Crippen LogP contribution in [0.1, 0.15) is 89.5 Å². The number of nitrogens with zero attached hydrogens (tertiary/aromatic N) is 5. The van der Waals surface area contributed by atoms with Gasteiger partial charge in [0.15, 0.2) is 23.0 Å². The second kappa shape index (κ2) is 26.3. The fourth-order valence-electron chi connectivity index (χ4n) is 11.2. The number of para-hydroxylation sites is 2. The molecule has 3 amide bonds. The summed E-state index contributed by atoms with van der Waals surface area (Å²) in [5, 5.41) is 45.8. The average Bonchev–Trinajstić information content (AvgIpc) is 1.89. The van der Waals surface area contributed by atoms with Gasteiger partial charge in [-0.1, -0.05) is 50.2 Å². The molecule has 444 valence electrons. The summed E-state index contributed by atoms with van der Waals surface area (Å²) in [5.74, 6) is -1.72. The van der Waals surface area contributed by atoms with Gasteiger partial charge in [-0.05, 0) is 82.4 Å². The Morgan fingerprint density at radius 1 is 0.893 bits per heavy atom. The number of unbranched alkanes of at least 4 members (excludes halogenated alkanes) is 1. The van der Waals surface area contributed by atoms with Crippen LogP contribution in [0.5, 0.6) is 17.2 Å². The van der Waals surface area contributed by atoms with Crippen molar-refractivity contribution in [2.75, 3.05) is 58.1 Å². The molecule has 0 aromatic heterocycles. The molecule has 1 fully saturated rings. The zero-order chi connectivity index (χ0) is 60.6. The van der Waals surface area contributed by atoms with E-state index >= 15 is 0 Å². The third-order valence-electron chi connectivity index (χ3n) is 15.5. The normalized spacial score (nSPS) is 18.2. The van der Waals surface area contributed by atoms with E-state index < -0.39 is 62.5 Å². The highest BCUT2D eigenvalue weighted by Crippen LogP contribution is 2.50. The summed E-state index contributed by atoms with van der Waals surface area (Å²) in [5.41, 5.74) is 6.16. The maximum atomic E-state index is 14.7. The van der Waals surface area contributed by atoms with Crippen molar-refractivity contribution in [3.8, 4) is 17.2 Å². The highest BCUT2D eigenvalue weighted by Gasteiger charge is 2.49. The van der Waals surface area contributed by atoms with E-state index in [0.29, 0.717) is 61.1 Å². The van der Waals surface area contributed by atoms with Gasteiger partial charge >= 0.3 is 6.16 Å². The molecule has 24 nitrogen and oxygen atoms in total. The van der Waals surface area contributed by atoms with Crippen LogP contribution in [0.25, 0.3) is 0 Å². The maximum Gasteiger partial charge on any atom is 0.514 e. The van der Waals surface area contributed by atoms with Crippen LogP contribution in [-0.2, 0) is 44.1 Å². The van der Waals surface area contributed by atoms with E-state index in [1.807, 2.05) is 55.4 Å². The van der Waals surface area contributed by atoms with E-state index in [0.717, 1.165) is 52.1 Å². The lowest BCUT2D eigenvalue weighted by atomic mass is 9.76. The third-order valence-corrected chi connectivity index (χ3v) is 16.1. The number of non-ortho nitro benzene ring substituents is 1. The molecule has 3 aliphatic heterocycles. The fraction of sp³-hybridized carbons (Fsp3) is 0.390. The second-order valence-electron chi connectivity index (χ2n) is 21.4. The van der Waals surface area contributed by atoms with Gasteiger partial charge in [-0.15, -0.1) is 0 Å². The quantitative estimate of drug-likeness (QED) is 0.00681. The summed E-state index contributed by atoms with van der Waals surface area (Å²) in [6.07, 6.45) is 3.31. The summed E-state index contributed by atoms with van der Waals surface area (Å²) in [6, 6.07) is 21.3. The molecule has 0 bridgehead atoms. The zero-order valence-corrected chi connectivity index (χ0v) is 48.5. The van der Waals surface area contributed by atoms with Gasteiger partial charge in [0.25, 0.3) is 11.4 Å². The predicted molar refractivity (Wildman–Crippen MR) is 306 cm³/mol. The minimum Gasteiger partial charge on any atom is -0.691 e. The van der Waals surface area contributed by atoms with Crippen LogP contribution in [0.15, 0.2) is 120 Å². The van der Waals surface area contributed by atoms with Crippen LogP contribution in [0, 0.1) is 20.2 Å². The lowest BCUT2D eigenvalue weighted by molar-refractivity contribution is -0.777. The van der Waals surface area contributed by atoms with Crippen LogP contribution in [-0.4, -0.2) is 120 Å². The average molecular weight is 1180 g/mol. The van der Waals surface area contributed by atoms with Gasteiger partial charge in [0.05, 0.1) is 57.6 Å². The number of hydrogen-bond acceptors (Lipinski definition) is 19. The van der Waals surface area contributed by atoms with Gasteiger partial charge in [0, 0.05) is 90.8 Å². The monoisotopic (exact) mass is 1170 g/mol. The van der Waals surface area contributed by atoms with Gasteiger partial charge in [-0.3, -0.25) is 44.4 Å². The van der Waals surface area contributed by atoms with Crippen molar-refractivity contribution in [2.45, 2.75) is 95.7 Å². The molecule has 84 heavy (non-hydrogen) atoms. The minimum atomic E-state index is -1.22. The van der Waals surface area contributed by atoms with E-state index in [4.69, 9.17) is 18.9 Å². The number of fused-ring (bicyclic) bond motifs is 2. The lowest BCUT2D eigenvalue weighted by Gasteiger charge is -2.37. The molecular weight excluding hydrogens is 1110 g/mol. The van der Waals surface area contributed by atoms with Gasteiger partial charge in [0.1, 0.15) is 37.6 Å². The van der Waals surface area contributed by atoms with E-state index in [1.165, 1.54) is 32.2 Å². The number of nitro groups is 2. The first kappa shape index (κ1) is 61.4. The van der Waals surface area contributed by atoms with Crippen molar-refractivity contribution in [2.24, 2.45) is 0 Å². The SMILES string of the molecule is COc1cc(C(C)OC(=O)Oc2ccc([N+](=O)[O-])cc2)c([N+](=O)[O-])cc1OCCNC(=O)CCCCNC(=O)C(CSOO[O-])NC(=O)[C@H]1CCCN1C1=C(/C=C2/N(C)c3ccccc3C2(C)C)C(=O)/C1=C\C1=[N+](C)c2ccccc2C1(C)C. The molecule has 2 unspecified atom stereocenters. The van der Waals surface area contributed by atoms with Crippen LogP contribution in [0.2, 0.25) is 0 Å². The summed E-state index contributed by atoms with van der Waals surface area (Å²) in [7, 11) is 5.28. The number of nitro benzene ring substituents is 2. The van der Waals surface area contributed by atoms with E-state index in [9.17, 15) is 49.5 Å². The van der Waals surface area contributed by atoms with Crippen molar-refractivity contribution >= 4 is 70.2 Å². The molecule has 4 aliphatic rings. The van der Waals surface area contributed by atoms with Gasteiger partial charge < -0.3 is 50.0 Å². The molecule has 0 spiro atoms. The molecule has 1 aliphatic carbocycles. The number of likely N-dealkylation sites (N-methyl/N-ethyl adjacent to an activating group) is 1. The van der Waals surface area contributed by atoms with Crippen LogP contribution >= 0.6 is 12.0 Å². The van der Waals surface area contributed by atoms with Crippen molar-refractivity contribution in [3.63, 3.8) is 0 Å². The minimum absolute atomic E-state index is 0.00718. The smallest absolute Gasteiger partial charge is 0.514 e. The number of carbonyl (C=O) groups is 5. The first-order chi connectivity index (χ1) is 40.1. The standard InChI is InChI=1S/C59H66N8O16S/c1-35(80-57(72)81-37-24-22-36(23-25-37)66(73)74)38-30-48(78-8)49(33-47(38)67(75)76)79-29-27-60-52(68)21-13-14-26-61-55(70)43(34-84-83-82-77)62-56(71)46-20-15-28-65(46)53-39(31-50-58(2,3)41-16-9-11-18-44(41)63(50)6)54(69)40(53)32-51-59(4,5)42-17-10-12-19-45(42)64(51)7/h9-12,16-19,22-25,30-33,35,43,46H,13-15,20-21,26-29,34H2,1-8H3,(H3-,60,61,62,68,70,71,77)/t35?,43?,46-/m1/s1.